The molecule has 0 aliphatic heterocycles. The maximum atomic E-state index is 7.09. The minimum absolute atomic E-state index is 0.0294. The van der Waals surface area contributed by atoms with E-state index >= 15 is 0 Å². The van der Waals surface area contributed by atoms with Gasteiger partial charge in [0.15, 0.2) is 0 Å². The maximum absolute atomic E-state index is 7.09. The Kier molecular flexibility index (Phi) is 8.19. The second kappa shape index (κ2) is 14.4. The average Bonchev–Trinajstić information content (AvgIpc) is 4.01. The highest BCUT2D eigenvalue weighted by atomic mass is 16.3. The number of hydrogen-bond acceptors (Lipinski definition) is 1. The molecule has 2 aliphatic rings. The van der Waals surface area contributed by atoms with Crippen molar-refractivity contribution in [1.82, 2.24) is 4.57 Å². The monoisotopic (exact) mass is 855 g/mol. The third-order valence-corrected chi connectivity index (χ3v) is 15.1. The van der Waals surface area contributed by atoms with E-state index in [0.717, 1.165) is 46.2 Å². The zero-order chi connectivity index (χ0) is 44.4. The predicted molar refractivity (Wildman–Crippen MR) is 283 cm³/mol. The zero-order valence-electron chi connectivity index (χ0n) is 37.5. The summed E-state index contributed by atoms with van der Waals surface area (Å²) in [6.07, 6.45) is 4.51. The highest BCUT2D eigenvalue weighted by Gasteiger charge is 2.38. The van der Waals surface area contributed by atoms with Crippen LogP contribution in [0.15, 0.2) is 222 Å². The molecule has 316 valence electrons. The van der Waals surface area contributed by atoms with Gasteiger partial charge in [-0.15, -0.1) is 0 Å². The van der Waals surface area contributed by atoms with Crippen molar-refractivity contribution in [3.8, 4) is 39.1 Å². The molecule has 0 saturated heterocycles. The van der Waals surface area contributed by atoms with Gasteiger partial charge in [-0.25, -0.2) is 0 Å². The maximum Gasteiger partial charge on any atom is 0.143 e. The third kappa shape index (κ3) is 5.57. The standard InChI is InChI=1S/C65H45NO/c1-65(2)57-28-12-10-18-47(57)48-36-32-43(39-58(48)65)46-25-15-27-55-54-26-14-24-45(63(54)67-64(46)55)42-33-37-60-56(38-42)49-19-11-13-29-59(49)66(60)44-34-30-41(31-35-44)62-52-22-8-6-20-50(52)61(40-16-4-3-5-17-40)51-21-7-9-23-53(51)62/h3-31,33-35,37-39H,32,36H2,1-2H3. The van der Waals surface area contributed by atoms with Crippen molar-refractivity contribution in [2.45, 2.75) is 32.1 Å². The summed E-state index contributed by atoms with van der Waals surface area (Å²) in [5.74, 6) is 0. The SMILES string of the molecule is CC1(C)C2=C(CCC(c3cccc4c3oc3c(-c5ccc6c(c5)c5ccccc5n6-c5ccc(-c6c7ccccc7c(-c7ccccc7)c7ccccc67)cc5)cccc34)=C2)c2ccccc21. The van der Waals surface area contributed by atoms with Crippen molar-refractivity contribution in [1.29, 1.82) is 0 Å². The second-order valence-corrected chi connectivity index (χ2v) is 19.0. The summed E-state index contributed by atoms with van der Waals surface area (Å²) in [5, 5.41) is 9.81. The molecule has 0 amide bonds. The van der Waals surface area contributed by atoms with Crippen LogP contribution >= 0.6 is 0 Å². The summed E-state index contributed by atoms with van der Waals surface area (Å²) < 4.78 is 9.51. The molecule has 14 rings (SSSR count). The fraction of sp³-hybridized carbons (Fsp3) is 0.0769. The first-order chi connectivity index (χ1) is 33.0. The molecule has 67 heavy (non-hydrogen) atoms. The molecule has 2 aromatic heterocycles. The van der Waals surface area contributed by atoms with Crippen LogP contribution in [0.3, 0.4) is 0 Å². The molecule has 0 saturated carbocycles. The Morgan fingerprint density at radius 2 is 0.925 bits per heavy atom. The largest absolute Gasteiger partial charge is 0.455 e. The van der Waals surface area contributed by atoms with Gasteiger partial charge in [-0.2, -0.15) is 0 Å². The third-order valence-electron chi connectivity index (χ3n) is 15.1. The molecule has 0 fully saturated rings. The molecule has 0 radical (unpaired) electrons. The first-order valence-electron chi connectivity index (χ1n) is 23.6. The van der Waals surface area contributed by atoms with Crippen LogP contribution in [0.1, 0.15) is 43.4 Å². The van der Waals surface area contributed by atoms with Gasteiger partial charge in [0.25, 0.3) is 0 Å². The average molecular weight is 856 g/mol. The van der Waals surface area contributed by atoms with Gasteiger partial charge in [-0.05, 0) is 120 Å². The molecule has 2 heterocycles. The van der Waals surface area contributed by atoms with Crippen molar-refractivity contribution in [2.75, 3.05) is 0 Å². The fourth-order valence-electron chi connectivity index (χ4n) is 12.1. The number of rotatable bonds is 5. The number of furan rings is 1. The van der Waals surface area contributed by atoms with Crippen LogP contribution in [0.25, 0.3) is 116 Å². The molecule has 0 spiro atoms. The summed E-state index contributed by atoms with van der Waals surface area (Å²) in [5.41, 5.74) is 21.0. The Morgan fingerprint density at radius 1 is 0.403 bits per heavy atom. The Hall–Kier alpha value is -8.20. The summed E-state index contributed by atoms with van der Waals surface area (Å²) in [4.78, 5) is 0. The number of aromatic nitrogens is 1. The van der Waals surface area contributed by atoms with E-state index in [4.69, 9.17) is 4.42 Å². The van der Waals surface area contributed by atoms with Gasteiger partial charge in [0.2, 0.25) is 0 Å². The first kappa shape index (κ1) is 38.1. The van der Waals surface area contributed by atoms with Crippen LogP contribution in [0, 0.1) is 0 Å². The quantitative estimate of drug-likeness (QED) is 0.158. The van der Waals surface area contributed by atoms with Gasteiger partial charge in [0.1, 0.15) is 11.2 Å². The summed E-state index contributed by atoms with van der Waals surface area (Å²) in [6, 6.07) is 75.8. The van der Waals surface area contributed by atoms with Crippen LogP contribution in [-0.4, -0.2) is 4.57 Å². The highest BCUT2D eigenvalue weighted by Crippen LogP contribution is 2.53. The van der Waals surface area contributed by atoms with Gasteiger partial charge >= 0.3 is 0 Å². The minimum atomic E-state index is -0.0294. The van der Waals surface area contributed by atoms with Crippen LogP contribution in [-0.2, 0) is 5.41 Å². The molecule has 2 heteroatoms. The van der Waals surface area contributed by atoms with Gasteiger partial charge in [-0.3, -0.25) is 0 Å². The lowest BCUT2D eigenvalue weighted by Gasteiger charge is -2.25. The van der Waals surface area contributed by atoms with Crippen molar-refractivity contribution in [2.24, 2.45) is 0 Å². The van der Waals surface area contributed by atoms with E-state index in [0.29, 0.717) is 0 Å². The van der Waals surface area contributed by atoms with Crippen molar-refractivity contribution < 1.29 is 4.42 Å². The van der Waals surface area contributed by atoms with Crippen LogP contribution < -0.4 is 0 Å². The van der Waals surface area contributed by atoms with Crippen molar-refractivity contribution in [3.05, 3.63) is 235 Å². The molecular formula is C65H45NO. The summed E-state index contributed by atoms with van der Waals surface area (Å²) in [6.45, 7) is 4.75. The number of allylic oxidation sites excluding steroid dienone is 4. The normalized spacial score (nSPS) is 14.4. The molecule has 12 aromatic rings. The first-order valence-corrected chi connectivity index (χ1v) is 23.6. The zero-order valence-corrected chi connectivity index (χ0v) is 37.5. The van der Waals surface area contributed by atoms with Gasteiger partial charge in [-0.1, -0.05) is 196 Å². The van der Waals surface area contributed by atoms with E-state index < -0.39 is 0 Å². The Morgan fingerprint density at radius 3 is 1.63 bits per heavy atom. The van der Waals surface area contributed by atoms with Crippen LogP contribution in [0.5, 0.6) is 0 Å². The lowest BCUT2D eigenvalue weighted by Crippen LogP contribution is -2.17. The van der Waals surface area contributed by atoms with Crippen molar-refractivity contribution in [3.63, 3.8) is 0 Å². The Balaban J connectivity index is 0.876. The number of benzene rings is 10. The smallest absolute Gasteiger partial charge is 0.143 e. The lowest BCUT2D eigenvalue weighted by atomic mass is 9.78. The number of nitrogens with zero attached hydrogens (tertiary/aromatic N) is 1. The highest BCUT2D eigenvalue weighted by molar-refractivity contribution is 6.21. The van der Waals surface area contributed by atoms with E-state index in [1.807, 2.05) is 0 Å². The van der Waals surface area contributed by atoms with Gasteiger partial charge < -0.3 is 8.98 Å². The van der Waals surface area contributed by atoms with E-state index in [1.54, 1.807) is 0 Å². The van der Waals surface area contributed by atoms with Gasteiger partial charge in [0, 0.05) is 43.8 Å². The molecule has 0 atom stereocenters. The van der Waals surface area contributed by atoms with Crippen LogP contribution in [0.4, 0.5) is 0 Å². The molecule has 10 aromatic carbocycles. The van der Waals surface area contributed by atoms with Gasteiger partial charge in [0.05, 0.1) is 11.0 Å². The van der Waals surface area contributed by atoms with E-state index in [-0.39, 0.29) is 5.41 Å². The molecule has 0 bridgehead atoms. The second-order valence-electron chi connectivity index (χ2n) is 19.0. The summed E-state index contributed by atoms with van der Waals surface area (Å²) in [7, 11) is 0. The topological polar surface area (TPSA) is 18.1 Å². The van der Waals surface area contributed by atoms with E-state index in [9.17, 15) is 0 Å². The Bertz CT molecular complexity index is 4040. The summed E-state index contributed by atoms with van der Waals surface area (Å²) >= 11 is 0. The Labute approximate surface area is 389 Å². The number of para-hydroxylation sites is 3. The van der Waals surface area contributed by atoms with E-state index in [2.05, 4.69) is 231 Å². The predicted octanol–water partition coefficient (Wildman–Crippen LogP) is 17.9. The van der Waals surface area contributed by atoms with E-state index in [1.165, 1.54) is 104 Å². The molecule has 0 unspecified atom stereocenters. The minimum Gasteiger partial charge on any atom is -0.455 e. The molecular weight excluding hydrogens is 811 g/mol. The number of hydrogen-bond donors (Lipinski definition) is 0. The molecule has 0 N–H and O–H groups in total. The molecule has 2 aliphatic carbocycles. The number of fused-ring (bicyclic) bond motifs is 10. The van der Waals surface area contributed by atoms with Crippen molar-refractivity contribution >= 4 is 76.4 Å². The lowest BCUT2D eigenvalue weighted by molar-refractivity contribution is 0.651. The van der Waals surface area contributed by atoms with Crippen LogP contribution in [0.2, 0.25) is 0 Å². The fourth-order valence-corrected chi connectivity index (χ4v) is 12.1. The molecule has 2 nitrogen and oxygen atoms in total.